The number of hydrogen-bond acceptors (Lipinski definition) is 4. The highest BCUT2D eigenvalue weighted by molar-refractivity contribution is 5.80. The van der Waals surface area contributed by atoms with Crippen LogP contribution < -0.4 is 5.32 Å². The van der Waals surface area contributed by atoms with Gasteiger partial charge in [0.25, 0.3) is 0 Å². The largest absolute Gasteiger partial charge is 0.444 e. The zero-order valence-corrected chi connectivity index (χ0v) is 13.6. The van der Waals surface area contributed by atoms with Crippen molar-refractivity contribution in [2.24, 2.45) is 5.92 Å². The first-order chi connectivity index (χ1) is 10.8. The number of aromatic nitrogens is 1. The number of pyridine rings is 1. The predicted octanol–water partition coefficient (Wildman–Crippen LogP) is 2.09. The van der Waals surface area contributed by atoms with Gasteiger partial charge >= 0.3 is 6.09 Å². The standard InChI is InChI=1S/C16H22FN3O3/c1-16(2,3)23-15(22)20-8-6-11(10-20)14(21)19-9-13-12(17)5-4-7-18-13/h4-5,7,11H,6,8-10H2,1-3H3,(H,19,21)/t11-/m0/s1. The van der Waals surface area contributed by atoms with Crippen LogP contribution in [-0.2, 0) is 16.1 Å². The number of hydrogen-bond donors (Lipinski definition) is 1. The Morgan fingerprint density at radius 2 is 2.22 bits per heavy atom. The van der Waals surface area contributed by atoms with Crippen LogP contribution in [0.1, 0.15) is 32.9 Å². The van der Waals surface area contributed by atoms with Gasteiger partial charge in [-0.1, -0.05) is 0 Å². The van der Waals surface area contributed by atoms with E-state index in [1.54, 1.807) is 20.8 Å². The molecule has 2 heterocycles. The Balaban J connectivity index is 1.83. The van der Waals surface area contributed by atoms with Gasteiger partial charge in [-0.3, -0.25) is 9.78 Å². The molecule has 23 heavy (non-hydrogen) atoms. The van der Waals surface area contributed by atoms with E-state index >= 15 is 0 Å². The number of amides is 2. The van der Waals surface area contributed by atoms with E-state index in [1.807, 2.05) is 0 Å². The lowest BCUT2D eigenvalue weighted by Crippen LogP contribution is -2.37. The van der Waals surface area contributed by atoms with Crippen LogP contribution >= 0.6 is 0 Å². The molecule has 0 aliphatic carbocycles. The molecule has 1 saturated heterocycles. The molecule has 126 valence electrons. The average molecular weight is 323 g/mol. The molecule has 6 nitrogen and oxygen atoms in total. The summed E-state index contributed by atoms with van der Waals surface area (Å²) in [5.74, 6) is -0.968. The molecule has 0 spiro atoms. The van der Waals surface area contributed by atoms with Gasteiger partial charge in [0, 0.05) is 19.3 Å². The van der Waals surface area contributed by atoms with Gasteiger partial charge in [0.05, 0.1) is 18.2 Å². The summed E-state index contributed by atoms with van der Waals surface area (Å²) in [6.07, 6.45) is 1.63. The molecular weight excluding hydrogens is 301 g/mol. The van der Waals surface area contributed by atoms with Gasteiger partial charge in [0.15, 0.2) is 0 Å². The third-order valence-corrected chi connectivity index (χ3v) is 3.48. The van der Waals surface area contributed by atoms with E-state index in [4.69, 9.17) is 4.74 Å². The Labute approximate surface area is 135 Å². The normalized spacial score (nSPS) is 17.9. The molecule has 2 amide bonds. The molecule has 1 aliphatic heterocycles. The van der Waals surface area contributed by atoms with E-state index in [-0.39, 0.29) is 24.1 Å². The smallest absolute Gasteiger partial charge is 0.410 e. The summed E-state index contributed by atoms with van der Waals surface area (Å²) in [4.78, 5) is 29.5. The molecule has 7 heteroatoms. The van der Waals surface area contributed by atoms with Crippen LogP contribution in [0.5, 0.6) is 0 Å². The zero-order chi connectivity index (χ0) is 17.0. The number of carbonyl (C=O) groups excluding carboxylic acids is 2. The molecule has 1 aliphatic rings. The molecule has 1 atom stereocenters. The first-order valence-corrected chi connectivity index (χ1v) is 7.61. The number of rotatable bonds is 3. The van der Waals surface area contributed by atoms with Gasteiger partial charge in [0.1, 0.15) is 11.4 Å². The highest BCUT2D eigenvalue weighted by Crippen LogP contribution is 2.19. The summed E-state index contributed by atoms with van der Waals surface area (Å²) in [6.45, 7) is 6.22. The van der Waals surface area contributed by atoms with Crippen LogP contribution in [0.25, 0.3) is 0 Å². The minimum Gasteiger partial charge on any atom is -0.444 e. The Morgan fingerprint density at radius 1 is 1.48 bits per heavy atom. The van der Waals surface area contributed by atoms with Gasteiger partial charge in [-0.2, -0.15) is 0 Å². The van der Waals surface area contributed by atoms with Crippen molar-refractivity contribution in [3.8, 4) is 0 Å². The Bertz CT molecular complexity index is 586. The molecule has 0 radical (unpaired) electrons. The molecule has 0 bridgehead atoms. The SMILES string of the molecule is CC(C)(C)OC(=O)N1CC[C@H](C(=O)NCc2ncccc2F)C1. The number of likely N-dealkylation sites (tertiary alicyclic amines) is 1. The van der Waals surface area contributed by atoms with Gasteiger partial charge in [-0.15, -0.1) is 0 Å². The number of halogens is 1. The number of nitrogens with one attached hydrogen (secondary N) is 1. The summed E-state index contributed by atoms with van der Waals surface area (Å²) in [7, 11) is 0. The van der Waals surface area contributed by atoms with Crippen molar-refractivity contribution in [2.45, 2.75) is 39.3 Å². The van der Waals surface area contributed by atoms with Gasteiger partial charge < -0.3 is 15.0 Å². The van der Waals surface area contributed by atoms with Gasteiger partial charge in [0.2, 0.25) is 5.91 Å². The van der Waals surface area contributed by atoms with Crippen molar-refractivity contribution >= 4 is 12.0 Å². The highest BCUT2D eigenvalue weighted by atomic mass is 19.1. The minimum absolute atomic E-state index is 0.0362. The van der Waals surface area contributed by atoms with Crippen LogP contribution in [0.3, 0.4) is 0 Å². The van der Waals surface area contributed by atoms with Crippen LogP contribution in [0.2, 0.25) is 0 Å². The predicted molar refractivity (Wildman–Crippen MR) is 82.0 cm³/mol. The fourth-order valence-electron chi connectivity index (χ4n) is 2.33. The van der Waals surface area contributed by atoms with E-state index in [0.717, 1.165) is 0 Å². The molecule has 1 aromatic heterocycles. The van der Waals surface area contributed by atoms with Crippen LogP contribution in [0, 0.1) is 11.7 Å². The quantitative estimate of drug-likeness (QED) is 0.924. The molecule has 1 fully saturated rings. The average Bonchev–Trinajstić information content (AvgIpc) is 2.94. The molecule has 1 N–H and O–H groups in total. The Kier molecular flexibility index (Phi) is 5.18. The maximum atomic E-state index is 13.5. The topological polar surface area (TPSA) is 71.5 Å². The zero-order valence-electron chi connectivity index (χ0n) is 13.6. The lowest BCUT2D eigenvalue weighted by atomic mass is 10.1. The van der Waals surface area contributed by atoms with Gasteiger partial charge in [-0.05, 0) is 39.3 Å². The molecule has 0 unspecified atom stereocenters. The maximum Gasteiger partial charge on any atom is 0.410 e. The van der Waals surface area contributed by atoms with Crippen molar-refractivity contribution in [3.63, 3.8) is 0 Å². The van der Waals surface area contributed by atoms with Crippen molar-refractivity contribution in [3.05, 3.63) is 29.8 Å². The fraction of sp³-hybridized carbons (Fsp3) is 0.562. The van der Waals surface area contributed by atoms with E-state index < -0.39 is 17.5 Å². The molecular formula is C16H22FN3O3. The summed E-state index contributed by atoms with van der Waals surface area (Å²) < 4.78 is 18.7. The lowest BCUT2D eigenvalue weighted by Gasteiger charge is -2.24. The molecule has 1 aromatic rings. The van der Waals surface area contributed by atoms with E-state index in [2.05, 4.69) is 10.3 Å². The van der Waals surface area contributed by atoms with Crippen molar-refractivity contribution in [1.29, 1.82) is 0 Å². The second kappa shape index (κ2) is 6.93. The second-order valence-electron chi connectivity index (χ2n) is 6.56. The molecule has 2 rings (SSSR count). The summed E-state index contributed by atoms with van der Waals surface area (Å²) in [5, 5.41) is 2.67. The van der Waals surface area contributed by atoms with Crippen LogP contribution in [0.15, 0.2) is 18.3 Å². The van der Waals surface area contributed by atoms with Crippen molar-refractivity contribution in [2.75, 3.05) is 13.1 Å². The van der Waals surface area contributed by atoms with Crippen LogP contribution in [-0.4, -0.2) is 40.6 Å². The number of carbonyl (C=O) groups is 2. The summed E-state index contributed by atoms with van der Waals surface area (Å²) in [5.41, 5.74) is -0.364. The summed E-state index contributed by atoms with van der Waals surface area (Å²) >= 11 is 0. The number of ether oxygens (including phenoxy) is 1. The fourth-order valence-corrected chi connectivity index (χ4v) is 2.33. The van der Waals surface area contributed by atoms with E-state index in [1.165, 1.54) is 23.2 Å². The summed E-state index contributed by atoms with van der Waals surface area (Å²) in [6, 6.07) is 2.80. The third-order valence-electron chi connectivity index (χ3n) is 3.48. The van der Waals surface area contributed by atoms with Crippen LogP contribution in [0.4, 0.5) is 9.18 Å². The Hall–Kier alpha value is -2.18. The van der Waals surface area contributed by atoms with Crippen molar-refractivity contribution < 1.29 is 18.7 Å². The monoisotopic (exact) mass is 323 g/mol. The van der Waals surface area contributed by atoms with E-state index in [0.29, 0.717) is 19.5 Å². The first kappa shape index (κ1) is 17.2. The first-order valence-electron chi connectivity index (χ1n) is 7.61. The van der Waals surface area contributed by atoms with E-state index in [9.17, 15) is 14.0 Å². The number of nitrogens with zero attached hydrogens (tertiary/aromatic N) is 2. The van der Waals surface area contributed by atoms with Crippen molar-refractivity contribution in [1.82, 2.24) is 15.2 Å². The molecule has 0 saturated carbocycles. The second-order valence-corrected chi connectivity index (χ2v) is 6.56. The third kappa shape index (κ3) is 4.91. The highest BCUT2D eigenvalue weighted by Gasteiger charge is 2.33. The maximum absolute atomic E-state index is 13.5. The Morgan fingerprint density at radius 3 is 2.87 bits per heavy atom. The lowest BCUT2D eigenvalue weighted by molar-refractivity contribution is -0.124. The minimum atomic E-state index is -0.562. The van der Waals surface area contributed by atoms with Gasteiger partial charge in [-0.25, -0.2) is 9.18 Å². The molecule has 0 aromatic carbocycles.